The van der Waals surface area contributed by atoms with Gasteiger partial charge in [0.15, 0.2) is 10.3 Å². The molecule has 0 radical (unpaired) electrons. The number of fused-ring (bicyclic) bond motifs is 2. The first kappa shape index (κ1) is 91.6. The molecule has 118 heavy (non-hydrogen) atoms. The fourth-order valence-corrected chi connectivity index (χ4v) is 11.8. The van der Waals surface area contributed by atoms with E-state index in [2.05, 4.69) is 36.3 Å². The largest absolute Gasteiger partial charge is 0.494 e. The maximum Gasteiger partial charge on any atom is 0.343 e. The monoisotopic (exact) mass is 1640 g/mol. The standard InChI is InChI=1S/C41H47NO10.C35H35NO10.2C7H6N2S/c1-3-38(43)49-26-11-7-5-9-24-47-35-18-14-32(15-19-35)40(45)51-28-23-31-13-22-37(34(29-31)30-42)52-41(46)33-16-20-36(21-17-33)48-25-10-6-8-12-27-50-39(44)4-2;1-3-32(37)43-20-5-18-41-29-12-8-26(9-13-29)34(39)45-22-17-25-7-16-31(28(23-25)24-36)46-35(40)27-10-14-30(15-11-27)42-19-6-21-44-33(38)4-2;2*8-7-9-5-3-1-2-4-6(5)10-7/h3-4,13-22,29-30,42H,1-2,5-12,23-28H2;3-4,7-16,23-24,36H,1-2,5-6,17-22H2;2*1-4H,(H2,8,9). The van der Waals surface area contributed by atoms with Crippen molar-refractivity contribution in [3.63, 3.8) is 0 Å². The Labute approximate surface area is 691 Å². The molecule has 0 atom stereocenters. The number of thiazole rings is 2. The Hall–Kier alpha value is -13.6. The lowest BCUT2D eigenvalue weighted by Crippen LogP contribution is -2.11. The van der Waals surface area contributed by atoms with Gasteiger partial charge in [0.05, 0.1) is 109 Å². The number of hydrogen-bond acceptors (Lipinski definition) is 28. The van der Waals surface area contributed by atoms with Gasteiger partial charge in [-0.15, -0.1) is 0 Å². The zero-order chi connectivity index (χ0) is 84.5. The van der Waals surface area contributed by atoms with Crippen LogP contribution in [0.3, 0.4) is 0 Å². The second-order valence-electron chi connectivity index (χ2n) is 25.1. The minimum Gasteiger partial charge on any atom is -0.494 e. The first-order valence-corrected chi connectivity index (χ1v) is 39.4. The van der Waals surface area contributed by atoms with Crippen LogP contribution in [0.2, 0.25) is 0 Å². The predicted octanol–water partition coefficient (Wildman–Crippen LogP) is 16.7. The summed E-state index contributed by atoms with van der Waals surface area (Å²) in [6, 6.07) is 52.3. The van der Waals surface area contributed by atoms with Crippen LogP contribution >= 0.6 is 22.7 Å². The summed E-state index contributed by atoms with van der Waals surface area (Å²) in [5, 5.41) is 16.9. The van der Waals surface area contributed by atoms with Crippen molar-refractivity contribution < 1.29 is 95.2 Å². The third-order valence-electron chi connectivity index (χ3n) is 16.5. The minimum atomic E-state index is -0.599. The number of nitrogens with two attached hydrogens (primary N) is 2. The molecule has 6 N–H and O–H groups in total. The molecule has 0 saturated carbocycles. The first-order valence-electron chi connectivity index (χ1n) is 37.7. The molecule has 10 aromatic rings. The van der Waals surface area contributed by atoms with E-state index in [4.69, 9.17) is 79.1 Å². The van der Waals surface area contributed by atoms with Crippen molar-refractivity contribution in [2.75, 3.05) is 77.5 Å². The molecule has 2 aromatic heterocycles. The van der Waals surface area contributed by atoms with E-state index in [0.717, 1.165) is 120 Å². The van der Waals surface area contributed by atoms with E-state index in [1.807, 2.05) is 48.5 Å². The average molecular weight is 1640 g/mol. The SMILES string of the molecule is C=CC(=O)OCCCCCCOc1ccc(C(=O)OCCc2ccc(OC(=O)c3ccc(OCCCCCCOC(=O)C=C)cc3)c(C=N)c2)cc1.C=CC(=O)OCCCOc1ccc(C(=O)OCCc2ccc(OC(=O)c3ccc(OCCCOC(=O)C=C)cc3)c(C=N)c2)cc1.Nc1nc2ccccc2s1.Nc1nc2ccccc2s1. The summed E-state index contributed by atoms with van der Waals surface area (Å²) in [5.41, 5.74) is 16.8. The molecule has 26 nitrogen and oxygen atoms in total. The number of ether oxygens (including phenoxy) is 12. The topological polar surface area (TPSA) is 373 Å². The Morgan fingerprint density at radius 1 is 0.331 bits per heavy atom. The highest BCUT2D eigenvalue weighted by Crippen LogP contribution is 2.27. The van der Waals surface area contributed by atoms with Gasteiger partial charge in [-0.2, -0.15) is 0 Å². The van der Waals surface area contributed by atoms with Crippen LogP contribution in [0.15, 0.2) is 233 Å². The summed E-state index contributed by atoms with van der Waals surface area (Å²) in [6.45, 7) is 16.5. The minimum absolute atomic E-state index is 0.103. The Morgan fingerprint density at radius 2 is 0.619 bits per heavy atom. The molecule has 10 rings (SSSR count). The second-order valence-corrected chi connectivity index (χ2v) is 27.3. The van der Waals surface area contributed by atoms with E-state index in [9.17, 15) is 38.4 Å². The van der Waals surface area contributed by atoms with Crippen LogP contribution < -0.4 is 39.9 Å². The van der Waals surface area contributed by atoms with Crippen molar-refractivity contribution in [1.82, 2.24) is 9.97 Å². The quantitative estimate of drug-likeness (QED) is 0.00688. The van der Waals surface area contributed by atoms with Crippen LogP contribution in [-0.4, -0.2) is 136 Å². The number of hydrogen-bond donors (Lipinski definition) is 4. The number of para-hydroxylation sites is 2. The molecular formula is C90H94N6O20S2. The number of nitrogens with zero attached hydrogens (tertiary/aromatic N) is 2. The van der Waals surface area contributed by atoms with E-state index < -0.39 is 47.8 Å². The third kappa shape index (κ3) is 33.8. The molecule has 2 heterocycles. The number of nitrogen functional groups attached to an aromatic ring is 2. The molecule has 0 fully saturated rings. The second kappa shape index (κ2) is 52.0. The third-order valence-corrected chi connectivity index (χ3v) is 18.2. The maximum absolute atomic E-state index is 12.8. The number of aromatic nitrogens is 2. The van der Waals surface area contributed by atoms with Crippen LogP contribution in [0.1, 0.15) is 128 Å². The smallest absolute Gasteiger partial charge is 0.343 e. The van der Waals surface area contributed by atoms with Crippen molar-refractivity contribution in [3.05, 3.63) is 277 Å². The van der Waals surface area contributed by atoms with Gasteiger partial charge in [-0.05, 0) is 208 Å². The average Bonchev–Trinajstić information content (AvgIpc) is 1.37. The lowest BCUT2D eigenvalue weighted by molar-refractivity contribution is -0.138. The zero-order valence-electron chi connectivity index (χ0n) is 65.2. The summed E-state index contributed by atoms with van der Waals surface area (Å²) in [6.07, 6.45) is 15.5. The zero-order valence-corrected chi connectivity index (χ0v) is 66.8. The van der Waals surface area contributed by atoms with Gasteiger partial charge in [-0.3, -0.25) is 0 Å². The highest BCUT2D eigenvalue weighted by Gasteiger charge is 2.17. The number of nitrogens with one attached hydrogen (secondary N) is 2. The van der Waals surface area contributed by atoms with Crippen molar-refractivity contribution in [1.29, 1.82) is 10.8 Å². The lowest BCUT2D eigenvalue weighted by atomic mass is 10.1. The van der Waals surface area contributed by atoms with Crippen molar-refractivity contribution in [3.8, 4) is 34.5 Å². The van der Waals surface area contributed by atoms with Crippen molar-refractivity contribution in [2.24, 2.45) is 0 Å². The molecule has 8 aromatic carbocycles. The maximum atomic E-state index is 12.8. The number of carbonyl (C=O) groups excluding carboxylic acids is 8. The number of anilines is 2. The number of carbonyl (C=O) groups is 8. The van der Waals surface area contributed by atoms with Crippen LogP contribution in [0, 0.1) is 10.8 Å². The summed E-state index contributed by atoms with van der Waals surface area (Å²) in [5.74, 6) is -1.05. The van der Waals surface area contributed by atoms with E-state index in [1.54, 1.807) is 133 Å². The highest BCUT2D eigenvalue weighted by atomic mass is 32.1. The predicted molar refractivity (Wildman–Crippen MR) is 453 cm³/mol. The highest BCUT2D eigenvalue weighted by molar-refractivity contribution is 7.22. The molecule has 616 valence electrons. The van der Waals surface area contributed by atoms with Gasteiger partial charge in [0.1, 0.15) is 34.5 Å². The van der Waals surface area contributed by atoms with Crippen LogP contribution in [-0.2, 0) is 60.4 Å². The Balaban J connectivity index is 0.000000262. The Kier molecular flexibility index (Phi) is 40.4. The number of rotatable bonds is 44. The molecule has 0 bridgehead atoms. The van der Waals surface area contributed by atoms with E-state index in [-0.39, 0.29) is 37.9 Å². The molecule has 0 amide bonds. The van der Waals surface area contributed by atoms with Gasteiger partial charge >= 0.3 is 47.8 Å². The van der Waals surface area contributed by atoms with Crippen LogP contribution in [0.5, 0.6) is 34.5 Å². The summed E-state index contributed by atoms with van der Waals surface area (Å²) < 4.78 is 66.6. The number of benzene rings is 8. The van der Waals surface area contributed by atoms with E-state index >= 15 is 0 Å². The van der Waals surface area contributed by atoms with Gasteiger partial charge < -0.3 is 79.1 Å². The van der Waals surface area contributed by atoms with E-state index in [0.29, 0.717) is 132 Å². The lowest BCUT2D eigenvalue weighted by Gasteiger charge is -2.11. The molecule has 0 unspecified atom stereocenters. The summed E-state index contributed by atoms with van der Waals surface area (Å²) >= 11 is 3.04. The molecule has 28 heteroatoms. The molecule has 0 aliphatic rings. The van der Waals surface area contributed by atoms with Crippen LogP contribution in [0.25, 0.3) is 20.4 Å². The fraction of sp³-hybridized carbons (Fsp3) is 0.244. The molecule has 0 spiro atoms. The van der Waals surface area contributed by atoms with Gasteiger partial charge in [0.25, 0.3) is 0 Å². The van der Waals surface area contributed by atoms with Gasteiger partial charge in [-0.1, -0.05) is 85.4 Å². The van der Waals surface area contributed by atoms with Crippen LogP contribution in [0.4, 0.5) is 10.3 Å². The summed E-state index contributed by atoms with van der Waals surface area (Å²) in [4.78, 5) is 103. The van der Waals surface area contributed by atoms with Gasteiger partial charge in [-0.25, -0.2) is 48.3 Å². The Bertz CT molecular complexity index is 4810. The molecule has 0 aliphatic carbocycles. The first-order chi connectivity index (χ1) is 57.4. The van der Waals surface area contributed by atoms with Crippen molar-refractivity contribution >= 4 is 114 Å². The molecule has 0 saturated heterocycles. The summed E-state index contributed by atoms with van der Waals surface area (Å²) in [7, 11) is 0. The Morgan fingerprint density at radius 3 is 0.924 bits per heavy atom. The number of esters is 8. The number of unbranched alkanes of at least 4 members (excludes halogenated alkanes) is 6. The van der Waals surface area contributed by atoms with Gasteiger partial charge in [0, 0.05) is 73.5 Å². The molecular weight excluding hydrogens is 1550 g/mol. The van der Waals surface area contributed by atoms with E-state index in [1.165, 1.54) is 22.7 Å². The van der Waals surface area contributed by atoms with Gasteiger partial charge in [0.2, 0.25) is 0 Å². The van der Waals surface area contributed by atoms with Crippen molar-refractivity contribution in [2.45, 2.75) is 77.0 Å². The molecule has 0 aliphatic heterocycles. The fourth-order valence-electron chi connectivity index (χ4n) is 10.4. The normalized spacial score (nSPS) is 10.3.